The van der Waals surface area contributed by atoms with Gasteiger partial charge in [0.1, 0.15) is 24.3 Å². The van der Waals surface area contributed by atoms with Gasteiger partial charge in [-0.1, -0.05) is 0 Å². The number of carbonyl (C=O) groups is 6. The summed E-state index contributed by atoms with van der Waals surface area (Å²) >= 11 is 1.60. The molecule has 3 unspecified atom stereocenters. The van der Waals surface area contributed by atoms with E-state index < -0.39 is 35.6 Å². The first kappa shape index (κ1) is 45.8. The quantitative estimate of drug-likeness (QED) is 0.150. The first-order valence-electron chi connectivity index (χ1n) is 24.8. The number of pyridine rings is 3. The van der Waals surface area contributed by atoms with Crippen molar-refractivity contribution in [1.29, 1.82) is 0 Å². The maximum atomic E-state index is 14.0. The van der Waals surface area contributed by atoms with Crippen molar-refractivity contribution >= 4 is 75.5 Å². The van der Waals surface area contributed by atoms with E-state index in [4.69, 9.17) is 15.5 Å². The number of fused-ring (bicyclic) bond motifs is 8. The van der Waals surface area contributed by atoms with E-state index in [0.717, 1.165) is 92.3 Å². The van der Waals surface area contributed by atoms with Crippen LogP contribution in [0.1, 0.15) is 108 Å². The zero-order chi connectivity index (χ0) is 49.5. The van der Waals surface area contributed by atoms with Crippen LogP contribution in [0.3, 0.4) is 0 Å². The number of aryl methyl sites for hydroxylation is 1. The number of benzene rings is 1. The third-order valence-electron chi connectivity index (χ3n) is 15.7. The lowest BCUT2D eigenvalue weighted by atomic mass is 9.92. The van der Waals surface area contributed by atoms with E-state index in [-0.39, 0.29) is 54.3 Å². The summed E-state index contributed by atoms with van der Waals surface area (Å²) in [5.41, 5.74) is 12.5. The Balaban J connectivity index is 0.701. The van der Waals surface area contributed by atoms with Crippen LogP contribution in [0.2, 0.25) is 0 Å². The van der Waals surface area contributed by atoms with Crippen molar-refractivity contribution in [3.05, 3.63) is 98.3 Å². The molecule has 3 saturated heterocycles. The van der Waals surface area contributed by atoms with E-state index in [0.29, 0.717) is 59.0 Å². The van der Waals surface area contributed by atoms with Crippen molar-refractivity contribution in [1.82, 2.24) is 30.1 Å². The van der Waals surface area contributed by atoms with Crippen LogP contribution in [0.15, 0.2) is 55.0 Å². The summed E-state index contributed by atoms with van der Waals surface area (Å²) in [5, 5.41) is 16.3. The lowest BCUT2D eigenvalue weighted by molar-refractivity contribution is -0.136. The Bertz CT molecular complexity index is 3120. The average molecular weight is 992 g/mol. The molecule has 3 fully saturated rings. The molecule has 20 heteroatoms. The predicted octanol–water partition coefficient (Wildman–Crippen LogP) is 4.36. The molecule has 7 aliphatic rings. The minimum atomic E-state index is -1.04. The van der Waals surface area contributed by atoms with Crippen LogP contribution in [0, 0.1) is 0 Å². The molecule has 6 aliphatic heterocycles. The highest BCUT2D eigenvalue weighted by Gasteiger charge is 2.49. The van der Waals surface area contributed by atoms with Gasteiger partial charge in [0, 0.05) is 79.6 Å². The van der Waals surface area contributed by atoms with Gasteiger partial charge in [0.15, 0.2) is 11.4 Å². The molecule has 370 valence electrons. The molecule has 4 aromatic heterocycles. The summed E-state index contributed by atoms with van der Waals surface area (Å²) in [7, 11) is 0. The minimum absolute atomic E-state index is 0.0258. The smallest absolute Gasteiger partial charge is 0.269 e. The normalized spacial score (nSPS) is 22.9. The van der Waals surface area contributed by atoms with Gasteiger partial charge in [-0.15, -0.1) is 11.3 Å². The van der Waals surface area contributed by atoms with Crippen molar-refractivity contribution in [2.24, 2.45) is 5.73 Å². The number of nitrogens with zero attached hydrogens (tertiary/aromatic N) is 8. The molecule has 0 bridgehead atoms. The topological polar surface area (TPSA) is 237 Å². The van der Waals surface area contributed by atoms with Gasteiger partial charge in [-0.25, -0.2) is 15.0 Å². The van der Waals surface area contributed by atoms with Crippen molar-refractivity contribution < 1.29 is 38.6 Å². The summed E-state index contributed by atoms with van der Waals surface area (Å²) in [6, 6.07) is 10.4. The molecule has 4 atom stereocenters. The first-order valence-corrected chi connectivity index (χ1v) is 25.6. The summed E-state index contributed by atoms with van der Waals surface area (Å²) < 4.78 is 6.33. The Morgan fingerprint density at radius 1 is 0.875 bits per heavy atom. The van der Waals surface area contributed by atoms with Gasteiger partial charge in [-0.3, -0.25) is 48.8 Å². The van der Waals surface area contributed by atoms with E-state index in [9.17, 15) is 33.9 Å². The Kier molecular flexibility index (Phi) is 11.5. The number of imide groups is 2. The molecule has 0 spiro atoms. The standard InChI is InChI=1S/C52H53N11O8S/c1-27-24-59(29-13-16-61-31(21-29)26-71-45-38(61)8-7-35-43(45)51(69)63(50(35)68)39-9-11-42(65)58-49(39)67)18-19-60(27)30-6-10-41(55-23-30)57-37-20-28(22-56-44(37)47(53)66)32-12-15-54-48(36(32)25-64)62-17-14-34-33-4-2-3-5-40(33)72-46(34)52(62)70/h6-8,10,12,15,20,22-23,27,29,31,39,64H,2-5,9,11,13-14,16-19,21,24-26H2,1H3,(H2,53,66)(H,55,57)(H,58,65,67)/t27-,29?,31?,39?/m0/s1. The van der Waals surface area contributed by atoms with Crippen LogP contribution >= 0.6 is 11.3 Å². The number of anilines is 5. The SMILES string of the molecule is C[C@H]1CN(C2CCN3c4ccc5c(c4OCC3C2)C(=O)N(C2CCC(=O)NC2=O)C5=O)CCN1c1ccc(Nc2cc(-c3ccnc(N4CCc5c(sc6c5CCCC6)C4=O)c3CO)cnc2C(N)=O)nc1. The molecule has 1 aromatic carbocycles. The van der Waals surface area contributed by atoms with Crippen molar-refractivity contribution in [3.8, 4) is 16.9 Å². The van der Waals surface area contributed by atoms with Crippen molar-refractivity contribution in [3.63, 3.8) is 0 Å². The van der Waals surface area contributed by atoms with Crippen molar-refractivity contribution in [2.45, 2.75) is 95.5 Å². The van der Waals surface area contributed by atoms with Crippen LogP contribution in [-0.4, -0.2) is 129 Å². The number of aromatic nitrogens is 3. The number of nitrogens with two attached hydrogens (primary N) is 1. The van der Waals surface area contributed by atoms with Crippen molar-refractivity contribution in [2.75, 3.05) is 59.3 Å². The number of piperidine rings is 2. The second-order valence-electron chi connectivity index (χ2n) is 19.7. The molecule has 6 amide bonds. The average Bonchev–Trinajstić information content (AvgIpc) is 3.90. The van der Waals surface area contributed by atoms with Gasteiger partial charge in [0.05, 0.1) is 51.9 Å². The Morgan fingerprint density at radius 3 is 2.53 bits per heavy atom. The highest BCUT2D eigenvalue weighted by molar-refractivity contribution is 7.14. The van der Waals surface area contributed by atoms with Gasteiger partial charge in [-0.05, 0) is 111 Å². The molecular weight excluding hydrogens is 939 g/mol. The predicted molar refractivity (Wildman–Crippen MR) is 267 cm³/mol. The lowest BCUT2D eigenvalue weighted by Gasteiger charge is -2.50. The molecular formula is C52H53N11O8S. The lowest BCUT2D eigenvalue weighted by Crippen LogP contribution is -2.59. The number of hydrogen-bond donors (Lipinski definition) is 4. The number of ether oxygens (including phenoxy) is 1. The molecule has 5 aromatic rings. The summed E-state index contributed by atoms with van der Waals surface area (Å²) in [6.45, 7) is 5.86. The number of nitrogens with one attached hydrogen (secondary N) is 2. The molecule has 72 heavy (non-hydrogen) atoms. The zero-order valence-corrected chi connectivity index (χ0v) is 40.5. The molecule has 12 rings (SSSR count). The van der Waals surface area contributed by atoms with E-state index in [2.05, 4.69) is 42.2 Å². The van der Waals surface area contributed by atoms with Crippen LogP contribution in [0.25, 0.3) is 11.1 Å². The van der Waals surface area contributed by atoms with E-state index in [1.807, 2.05) is 24.4 Å². The third kappa shape index (κ3) is 7.65. The zero-order valence-electron chi connectivity index (χ0n) is 39.7. The fourth-order valence-electron chi connectivity index (χ4n) is 12.1. The van der Waals surface area contributed by atoms with E-state index in [1.54, 1.807) is 40.6 Å². The number of rotatable bonds is 9. The van der Waals surface area contributed by atoms with Crippen LogP contribution in [-0.2, 0) is 35.5 Å². The van der Waals surface area contributed by atoms with Crippen LogP contribution in [0.5, 0.6) is 5.75 Å². The monoisotopic (exact) mass is 991 g/mol. The molecule has 0 radical (unpaired) electrons. The third-order valence-corrected chi connectivity index (χ3v) is 17.0. The summed E-state index contributed by atoms with van der Waals surface area (Å²) in [5.74, 6) is -1.74. The fraction of sp³-hybridized carbons (Fsp3) is 0.404. The Morgan fingerprint density at radius 2 is 1.74 bits per heavy atom. The first-order chi connectivity index (χ1) is 34.9. The van der Waals surface area contributed by atoms with Crippen LogP contribution < -0.4 is 35.8 Å². The van der Waals surface area contributed by atoms with Crippen LogP contribution in [0.4, 0.5) is 28.7 Å². The molecule has 10 heterocycles. The number of primary amides is 1. The number of carbonyl (C=O) groups excluding carboxylic acids is 6. The maximum Gasteiger partial charge on any atom is 0.269 e. The molecule has 1 aliphatic carbocycles. The number of aliphatic hydroxyl groups excluding tert-OH is 1. The number of aliphatic hydroxyl groups is 1. The largest absolute Gasteiger partial charge is 0.488 e. The highest BCUT2D eigenvalue weighted by atomic mass is 32.1. The maximum absolute atomic E-state index is 14.0. The molecule has 19 nitrogen and oxygen atoms in total. The number of amides is 6. The van der Waals surface area contributed by atoms with Gasteiger partial charge in [-0.2, -0.15) is 0 Å². The van der Waals surface area contributed by atoms with E-state index in [1.165, 1.54) is 22.2 Å². The highest BCUT2D eigenvalue weighted by Crippen LogP contribution is 2.46. The Hall–Kier alpha value is -7.29. The van der Waals surface area contributed by atoms with Gasteiger partial charge >= 0.3 is 0 Å². The van der Waals surface area contributed by atoms with E-state index >= 15 is 0 Å². The number of thiophene rings is 1. The second kappa shape index (κ2) is 18.1. The van der Waals surface area contributed by atoms with Gasteiger partial charge in [0.25, 0.3) is 23.6 Å². The van der Waals surface area contributed by atoms with Gasteiger partial charge in [0.2, 0.25) is 11.8 Å². The summed E-state index contributed by atoms with van der Waals surface area (Å²) in [6.07, 6.45) is 11.9. The molecule has 5 N–H and O–H groups in total. The second-order valence-corrected chi connectivity index (χ2v) is 20.8. The number of hydrogen-bond acceptors (Lipinski definition) is 16. The minimum Gasteiger partial charge on any atom is -0.488 e. The number of piperazine rings is 1. The Labute approximate surface area is 418 Å². The molecule has 0 saturated carbocycles. The fourth-order valence-corrected chi connectivity index (χ4v) is 13.5. The summed E-state index contributed by atoms with van der Waals surface area (Å²) in [4.78, 5) is 104. The van der Waals surface area contributed by atoms with Gasteiger partial charge < -0.3 is 30.7 Å².